The standard InChI is InChI=1S/C12H20ClN3O2/c1-3-14-11(10-8-17-5-6-18-10)12-9(13)7-15-16(12)4-2/h7,10-11,14H,3-6,8H2,1-2H3. The molecule has 1 fully saturated rings. The van der Waals surface area contributed by atoms with Crippen LogP contribution in [0.4, 0.5) is 0 Å². The summed E-state index contributed by atoms with van der Waals surface area (Å²) in [5.74, 6) is 0. The Hall–Kier alpha value is -0.620. The molecular weight excluding hydrogens is 254 g/mol. The Labute approximate surface area is 112 Å². The molecule has 2 unspecified atom stereocenters. The molecule has 0 bridgehead atoms. The number of rotatable bonds is 5. The molecule has 102 valence electrons. The molecule has 1 aliphatic heterocycles. The molecule has 1 aromatic heterocycles. The van der Waals surface area contributed by atoms with E-state index in [-0.39, 0.29) is 12.1 Å². The van der Waals surface area contributed by atoms with Gasteiger partial charge in [0, 0.05) is 6.54 Å². The van der Waals surface area contributed by atoms with E-state index in [0.717, 1.165) is 18.8 Å². The number of nitrogens with zero attached hydrogens (tertiary/aromatic N) is 2. The molecule has 6 heteroatoms. The van der Waals surface area contributed by atoms with Crippen molar-refractivity contribution in [2.75, 3.05) is 26.4 Å². The van der Waals surface area contributed by atoms with E-state index in [9.17, 15) is 0 Å². The highest BCUT2D eigenvalue weighted by atomic mass is 35.5. The van der Waals surface area contributed by atoms with Crippen LogP contribution in [0.25, 0.3) is 0 Å². The minimum absolute atomic E-state index is 0.0156. The molecule has 18 heavy (non-hydrogen) atoms. The van der Waals surface area contributed by atoms with E-state index in [4.69, 9.17) is 21.1 Å². The lowest BCUT2D eigenvalue weighted by molar-refractivity contribution is -0.103. The monoisotopic (exact) mass is 273 g/mol. The molecule has 5 nitrogen and oxygen atoms in total. The number of aryl methyl sites for hydroxylation is 1. The zero-order valence-electron chi connectivity index (χ0n) is 10.9. The lowest BCUT2D eigenvalue weighted by atomic mass is 10.1. The summed E-state index contributed by atoms with van der Waals surface area (Å²) in [6.45, 7) is 7.63. The van der Waals surface area contributed by atoms with Crippen LogP contribution in [0.2, 0.25) is 5.02 Å². The van der Waals surface area contributed by atoms with Crippen LogP contribution >= 0.6 is 11.6 Å². The predicted octanol–water partition coefficient (Wildman–Crippen LogP) is 1.62. The van der Waals surface area contributed by atoms with Crippen molar-refractivity contribution in [1.29, 1.82) is 0 Å². The van der Waals surface area contributed by atoms with Gasteiger partial charge in [-0.1, -0.05) is 18.5 Å². The molecule has 1 N–H and O–H groups in total. The van der Waals surface area contributed by atoms with Gasteiger partial charge in [0.2, 0.25) is 0 Å². The predicted molar refractivity (Wildman–Crippen MR) is 69.9 cm³/mol. The Kier molecular flexibility index (Phi) is 5.00. The van der Waals surface area contributed by atoms with Crippen LogP contribution in [-0.2, 0) is 16.0 Å². The van der Waals surface area contributed by atoms with Gasteiger partial charge in [0.15, 0.2) is 0 Å². The van der Waals surface area contributed by atoms with Crippen LogP contribution in [0, 0.1) is 0 Å². The highest BCUT2D eigenvalue weighted by Crippen LogP contribution is 2.27. The highest BCUT2D eigenvalue weighted by molar-refractivity contribution is 6.31. The minimum atomic E-state index is -0.0156. The molecule has 0 saturated carbocycles. The summed E-state index contributed by atoms with van der Waals surface area (Å²) in [5.41, 5.74) is 0.983. The maximum Gasteiger partial charge on any atom is 0.102 e. The van der Waals surface area contributed by atoms with Gasteiger partial charge in [0.25, 0.3) is 0 Å². The molecule has 1 aliphatic rings. The Morgan fingerprint density at radius 2 is 2.39 bits per heavy atom. The van der Waals surface area contributed by atoms with Crippen LogP contribution in [0.5, 0.6) is 0 Å². The Morgan fingerprint density at radius 3 is 3.00 bits per heavy atom. The van der Waals surface area contributed by atoms with E-state index >= 15 is 0 Å². The van der Waals surface area contributed by atoms with Crippen molar-refractivity contribution in [2.24, 2.45) is 0 Å². The lowest BCUT2D eigenvalue weighted by Crippen LogP contribution is -2.41. The SMILES string of the molecule is CCNC(c1c(Cl)cnn1CC)C1COCCO1. The first-order chi connectivity index (χ1) is 8.77. The van der Waals surface area contributed by atoms with E-state index in [1.165, 1.54) is 0 Å². The molecule has 0 aromatic carbocycles. The Morgan fingerprint density at radius 1 is 1.56 bits per heavy atom. The third kappa shape index (κ3) is 2.85. The molecular formula is C12H20ClN3O2. The first-order valence-electron chi connectivity index (χ1n) is 6.41. The first-order valence-corrected chi connectivity index (χ1v) is 6.79. The van der Waals surface area contributed by atoms with Crippen molar-refractivity contribution in [2.45, 2.75) is 32.5 Å². The molecule has 0 amide bonds. The third-order valence-corrected chi connectivity index (χ3v) is 3.36. The van der Waals surface area contributed by atoms with Crippen molar-refractivity contribution < 1.29 is 9.47 Å². The number of halogens is 1. The number of aromatic nitrogens is 2. The van der Waals surface area contributed by atoms with Crippen LogP contribution in [-0.4, -0.2) is 42.2 Å². The molecule has 2 atom stereocenters. The largest absolute Gasteiger partial charge is 0.376 e. The van der Waals surface area contributed by atoms with Gasteiger partial charge in [-0.15, -0.1) is 0 Å². The zero-order chi connectivity index (χ0) is 13.0. The fourth-order valence-corrected chi connectivity index (χ4v) is 2.51. The van der Waals surface area contributed by atoms with Crippen molar-refractivity contribution in [3.8, 4) is 0 Å². The van der Waals surface area contributed by atoms with Crippen LogP contribution < -0.4 is 5.32 Å². The van der Waals surface area contributed by atoms with Crippen molar-refractivity contribution in [3.63, 3.8) is 0 Å². The maximum absolute atomic E-state index is 6.25. The Balaban J connectivity index is 2.24. The summed E-state index contributed by atoms with van der Waals surface area (Å²) in [6.07, 6.45) is 1.67. The Bertz CT molecular complexity index is 377. The second-order valence-electron chi connectivity index (χ2n) is 4.21. The van der Waals surface area contributed by atoms with E-state index in [1.807, 2.05) is 11.6 Å². The van der Waals surface area contributed by atoms with Crippen LogP contribution in [0.3, 0.4) is 0 Å². The van der Waals surface area contributed by atoms with E-state index in [2.05, 4.69) is 17.3 Å². The molecule has 2 rings (SSSR count). The second kappa shape index (κ2) is 6.52. The summed E-state index contributed by atoms with van der Waals surface area (Å²) in [7, 11) is 0. The number of hydrogen-bond acceptors (Lipinski definition) is 4. The van der Waals surface area contributed by atoms with Crippen LogP contribution in [0.15, 0.2) is 6.20 Å². The van der Waals surface area contributed by atoms with Crippen LogP contribution in [0.1, 0.15) is 25.6 Å². The molecule has 2 heterocycles. The molecule has 1 aromatic rings. The quantitative estimate of drug-likeness (QED) is 0.886. The number of likely N-dealkylation sites (N-methyl/N-ethyl adjacent to an activating group) is 1. The average Bonchev–Trinajstić information content (AvgIpc) is 2.78. The van der Waals surface area contributed by atoms with Gasteiger partial charge in [-0.05, 0) is 13.5 Å². The van der Waals surface area contributed by atoms with Crippen molar-refractivity contribution in [1.82, 2.24) is 15.1 Å². The smallest absolute Gasteiger partial charge is 0.102 e. The van der Waals surface area contributed by atoms with Gasteiger partial charge in [-0.25, -0.2) is 0 Å². The summed E-state index contributed by atoms with van der Waals surface area (Å²) >= 11 is 6.25. The number of ether oxygens (including phenoxy) is 2. The van der Waals surface area contributed by atoms with Gasteiger partial charge in [-0.3, -0.25) is 4.68 Å². The number of nitrogens with one attached hydrogen (secondary N) is 1. The van der Waals surface area contributed by atoms with E-state index in [1.54, 1.807) is 6.20 Å². The van der Waals surface area contributed by atoms with Crippen molar-refractivity contribution >= 4 is 11.6 Å². The minimum Gasteiger partial charge on any atom is -0.376 e. The summed E-state index contributed by atoms with van der Waals surface area (Å²) in [4.78, 5) is 0. The third-order valence-electron chi connectivity index (χ3n) is 3.06. The zero-order valence-corrected chi connectivity index (χ0v) is 11.6. The average molecular weight is 274 g/mol. The summed E-state index contributed by atoms with van der Waals surface area (Å²) in [6, 6.07) is 0.0188. The van der Waals surface area contributed by atoms with Gasteiger partial charge in [0.05, 0.1) is 42.8 Å². The van der Waals surface area contributed by atoms with Gasteiger partial charge in [0.1, 0.15) is 6.10 Å². The van der Waals surface area contributed by atoms with Gasteiger partial charge in [-0.2, -0.15) is 5.10 Å². The molecule has 1 saturated heterocycles. The molecule has 0 radical (unpaired) electrons. The van der Waals surface area contributed by atoms with E-state index < -0.39 is 0 Å². The number of hydrogen-bond donors (Lipinski definition) is 1. The normalized spacial score (nSPS) is 22.1. The molecule has 0 spiro atoms. The summed E-state index contributed by atoms with van der Waals surface area (Å²) in [5, 5.41) is 8.38. The maximum atomic E-state index is 6.25. The fourth-order valence-electron chi connectivity index (χ4n) is 2.26. The fraction of sp³-hybridized carbons (Fsp3) is 0.750. The highest BCUT2D eigenvalue weighted by Gasteiger charge is 2.30. The topological polar surface area (TPSA) is 48.3 Å². The van der Waals surface area contributed by atoms with Crippen molar-refractivity contribution in [3.05, 3.63) is 16.9 Å². The van der Waals surface area contributed by atoms with Gasteiger partial charge >= 0.3 is 0 Å². The second-order valence-corrected chi connectivity index (χ2v) is 4.62. The van der Waals surface area contributed by atoms with Gasteiger partial charge < -0.3 is 14.8 Å². The molecule has 0 aliphatic carbocycles. The van der Waals surface area contributed by atoms with E-state index in [0.29, 0.717) is 24.8 Å². The summed E-state index contributed by atoms with van der Waals surface area (Å²) < 4.78 is 13.2. The lowest BCUT2D eigenvalue weighted by Gasteiger charge is -2.31. The first kappa shape index (κ1) is 13.8.